The van der Waals surface area contributed by atoms with Crippen LogP contribution in [0.2, 0.25) is 0 Å². The molecule has 1 aliphatic rings. The van der Waals surface area contributed by atoms with E-state index in [2.05, 4.69) is 27.8 Å². The van der Waals surface area contributed by atoms with Crippen molar-refractivity contribution in [1.29, 1.82) is 0 Å². The van der Waals surface area contributed by atoms with Crippen LogP contribution < -0.4 is 5.73 Å². The number of sulfonamides is 1. The van der Waals surface area contributed by atoms with E-state index in [1.807, 2.05) is 0 Å². The zero-order valence-corrected chi connectivity index (χ0v) is 13.2. The Morgan fingerprint density at radius 3 is 2.89 bits per heavy atom. The summed E-state index contributed by atoms with van der Waals surface area (Å²) >= 11 is 3.25. The van der Waals surface area contributed by atoms with Gasteiger partial charge in [-0.3, -0.25) is 4.98 Å². The van der Waals surface area contributed by atoms with Crippen LogP contribution in [0.1, 0.15) is 19.8 Å². The van der Waals surface area contributed by atoms with Gasteiger partial charge >= 0.3 is 0 Å². The van der Waals surface area contributed by atoms with Crippen LogP contribution in [0, 0.1) is 5.92 Å². The first-order chi connectivity index (χ1) is 8.95. The molecule has 2 N–H and O–H groups in total. The Balaban J connectivity index is 2.33. The van der Waals surface area contributed by atoms with E-state index in [0.717, 1.165) is 12.8 Å². The van der Waals surface area contributed by atoms with E-state index in [1.165, 1.54) is 10.5 Å². The molecule has 0 spiro atoms. The van der Waals surface area contributed by atoms with Gasteiger partial charge in [0.05, 0.1) is 0 Å². The van der Waals surface area contributed by atoms with E-state index in [4.69, 9.17) is 5.73 Å². The number of halogens is 1. The van der Waals surface area contributed by atoms with Gasteiger partial charge in [-0.25, -0.2) is 8.42 Å². The molecule has 1 saturated heterocycles. The second-order valence-corrected chi connectivity index (χ2v) is 7.78. The summed E-state index contributed by atoms with van der Waals surface area (Å²) in [4.78, 5) is 4.14. The summed E-state index contributed by atoms with van der Waals surface area (Å²) in [6.07, 6.45) is 4.64. The lowest BCUT2D eigenvalue weighted by Crippen LogP contribution is -2.49. The predicted octanol–water partition coefficient (Wildman–Crippen LogP) is 1.59. The summed E-state index contributed by atoms with van der Waals surface area (Å²) in [5.74, 6) is 0.514. The average molecular weight is 348 g/mol. The van der Waals surface area contributed by atoms with Crippen LogP contribution in [0.4, 0.5) is 0 Å². The van der Waals surface area contributed by atoms with Crippen LogP contribution >= 0.6 is 15.9 Å². The number of pyridine rings is 1. The smallest absolute Gasteiger partial charge is 0.244 e. The molecule has 0 radical (unpaired) electrons. The molecule has 106 valence electrons. The maximum atomic E-state index is 12.6. The number of hydrogen-bond donors (Lipinski definition) is 1. The van der Waals surface area contributed by atoms with Gasteiger partial charge in [-0.2, -0.15) is 4.31 Å². The Morgan fingerprint density at radius 2 is 2.26 bits per heavy atom. The van der Waals surface area contributed by atoms with Crippen molar-refractivity contribution in [2.45, 2.75) is 30.7 Å². The quantitative estimate of drug-likeness (QED) is 0.900. The third-order valence-corrected chi connectivity index (χ3v) is 5.83. The first-order valence-electron chi connectivity index (χ1n) is 6.27. The van der Waals surface area contributed by atoms with Gasteiger partial charge in [-0.05, 0) is 40.8 Å². The molecule has 0 aromatic carbocycles. The van der Waals surface area contributed by atoms with Crippen LogP contribution in [0.25, 0.3) is 0 Å². The standard InChI is InChI=1S/C12H18BrN3O2S/c1-9-2-3-16(11(4-9)6-14)19(17,18)12-5-10(13)7-15-8-12/h5,7-9,11H,2-4,6,14H2,1H3. The largest absolute Gasteiger partial charge is 0.329 e. The fraction of sp³-hybridized carbons (Fsp3) is 0.583. The van der Waals surface area contributed by atoms with Crippen molar-refractivity contribution in [2.24, 2.45) is 11.7 Å². The molecule has 2 unspecified atom stereocenters. The average Bonchev–Trinajstić information content (AvgIpc) is 2.38. The molecule has 0 amide bonds. The SMILES string of the molecule is CC1CCN(S(=O)(=O)c2cncc(Br)c2)C(CN)C1. The normalized spacial score (nSPS) is 25.4. The van der Waals surface area contributed by atoms with Gasteiger partial charge in [0.1, 0.15) is 4.90 Å². The Bertz CT molecular complexity index is 550. The van der Waals surface area contributed by atoms with Crippen molar-refractivity contribution >= 4 is 26.0 Å². The summed E-state index contributed by atoms with van der Waals surface area (Å²) in [7, 11) is -3.51. The number of rotatable bonds is 3. The van der Waals surface area contributed by atoms with Crippen LogP contribution in [0.3, 0.4) is 0 Å². The summed E-state index contributed by atoms with van der Waals surface area (Å²) in [5, 5.41) is 0. The highest BCUT2D eigenvalue weighted by Crippen LogP contribution is 2.28. The van der Waals surface area contributed by atoms with Crippen molar-refractivity contribution in [3.05, 3.63) is 22.9 Å². The molecule has 19 heavy (non-hydrogen) atoms. The lowest BCUT2D eigenvalue weighted by Gasteiger charge is -2.36. The van der Waals surface area contributed by atoms with Gasteiger partial charge in [-0.15, -0.1) is 0 Å². The van der Waals surface area contributed by atoms with Gasteiger partial charge in [0.15, 0.2) is 0 Å². The van der Waals surface area contributed by atoms with Crippen molar-refractivity contribution < 1.29 is 8.42 Å². The Hall–Kier alpha value is -0.500. The van der Waals surface area contributed by atoms with E-state index in [1.54, 1.807) is 12.3 Å². The molecule has 0 saturated carbocycles. The minimum Gasteiger partial charge on any atom is -0.329 e. The molecule has 1 aliphatic heterocycles. The lowest BCUT2D eigenvalue weighted by atomic mass is 9.94. The molecule has 0 bridgehead atoms. The molecule has 2 heterocycles. The number of aromatic nitrogens is 1. The van der Waals surface area contributed by atoms with Gasteiger partial charge in [0, 0.05) is 36.0 Å². The van der Waals surface area contributed by atoms with Gasteiger partial charge < -0.3 is 5.73 Å². The molecular formula is C12H18BrN3O2S. The fourth-order valence-corrected chi connectivity index (χ4v) is 4.60. The Kier molecular flexibility index (Phi) is 4.60. The molecule has 1 aromatic rings. The van der Waals surface area contributed by atoms with Crippen LogP contribution in [-0.2, 0) is 10.0 Å². The number of hydrogen-bond acceptors (Lipinski definition) is 4. The Labute approximate surface area is 122 Å². The molecular weight excluding hydrogens is 330 g/mol. The minimum atomic E-state index is -3.51. The summed E-state index contributed by atoms with van der Waals surface area (Å²) in [5.41, 5.74) is 5.73. The Morgan fingerprint density at radius 1 is 1.53 bits per heavy atom. The summed E-state index contributed by atoms with van der Waals surface area (Å²) in [6, 6.07) is 1.46. The highest BCUT2D eigenvalue weighted by atomic mass is 79.9. The first-order valence-corrected chi connectivity index (χ1v) is 8.51. The highest BCUT2D eigenvalue weighted by Gasteiger charge is 2.35. The van der Waals surface area contributed by atoms with Crippen LogP contribution in [-0.4, -0.2) is 36.8 Å². The van der Waals surface area contributed by atoms with E-state index >= 15 is 0 Å². The van der Waals surface area contributed by atoms with Crippen LogP contribution in [0.15, 0.2) is 27.8 Å². The van der Waals surface area contributed by atoms with Crippen molar-refractivity contribution in [3.63, 3.8) is 0 Å². The van der Waals surface area contributed by atoms with Gasteiger partial charge in [0.2, 0.25) is 10.0 Å². The van der Waals surface area contributed by atoms with E-state index < -0.39 is 10.0 Å². The molecule has 2 atom stereocenters. The summed E-state index contributed by atoms with van der Waals surface area (Å²) < 4.78 is 27.4. The van der Waals surface area contributed by atoms with E-state index in [0.29, 0.717) is 23.5 Å². The minimum absolute atomic E-state index is 0.118. The third kappa shape index (κ3) is 3.16. The van der Waals surface area contributed by atoms with E-state index in [9.17, 15) is 8.42 Å². The predicted molar refractivity (Wildman–Crippen MR) is 77.1 cm³/mol. The third-order valence-electron chi connectivity index (χ3n) is 3.48. The van der Waals surface area contributed by atoms with Crippen molar-refractivity contribution in [2.75, 3.05) is 13.1 Å². The monoisotopic (exact) mass is 347 g/mol. The number of piperidine rings is 1. The maximum absolute atomic E-state index is 12.6. The zero-order valence-electron chi connectivity index (χ0n) is 10.8. The number of nitrogens with zero attached hydrogens (tertiary/aromatic N) is 2. The molecule has 5 nitrogen and oxygen atoms in total. The number of nitrogens with two attached hydrogens (primary N) is 1. The van der Waals surface area contributed by atoms with Gasteiger partial charge in [0.25, 0.3) is 0 Å². The molecule has 0 aliphatic carbocycles. The molecule has 1 fully saturated rings. The lowest BCUT2D eigenvalue weighted by molar-refractivity contribution is 0.211. The second kappa shape index (κ2) is 5.87. The zero-order chi connectivity index (χ0) is 14.0. The second-order valence-electron chi connectivity index (χ2n) is 4.97. The van der Waals surface area contributed by atoms with E-state index in [-0.39, 0.29) is 10.9 Å². The van der Waals surface area contributed by atoms with Crippen LogP contribution in [0.5, 0.6) is 0 Å². The summed E-state index contributed by atoms with van der Waals surface area (Å²) in [6.45, 7) is 3.01. The first kappa shape index (κ1) is 14.9. The van der Waals surface area contributed by atoms with Crippen molar-refractivity contribution in [1.82, 2.24) is 9.29 Å². The van der Waals surface area contributed by atoms with Gasteiger partial charge in [-0.1, -0.05) is 6.92 Å². The molecule has 7 heteroatoms. The highest BCUT2D eigenvalue weighted by molar-refractivity contribution is 9.10. The molecule has 2 rings (SSSR count). The van der Waals surface area contributed by atoms with Crippen molar-refractivity contribution in [3.8, 4) is 0 Å². The molecule has 1 aromatic heterocycles. The fourth-order valence-electron chi connectivity index (χ4n) is 2.43. The topological polar surface area (TPSA) is 76.3 Å². The maximum Gasteiger partial charge on any atom is 0.244 e.